The number of ether oxygens (including phenoxy) is 2. The van der Waals surface area contributed by atoms with Crippen LogP contribution in [0.4, 0.5) is 0 Å². The van der Waals surface area contributed by atoms with Gasteiger partial charge in [-0.25, -0.2) is 4.57 Å². The summed E-state index contributed by atoms with van der Waals surface area (Å²) in [6.45, 7) is 0.0639. The number of esters is 2. The highest BCUT2D eigenvalue weighted by Gasteiger charge is 2.26. The van der Waals surface area contributed by atoms with Crippen LogP contribution in [0.2, 0.25) is 0 Å². The third kappa shape index (κ3) is 11.3. The van der Waals surface area contributed by atoms with Gasteiger partial charge in [-0.15, -0.1) is 0 Å². The Hall–Kier alpha value is -1.03. The van der Waals surface area contributed by atoms with E-state index in [0.29, 0.717) is 0 Å². The van der Waals surface area contributed by atoms with Crippen LogP contribution in [-0.4, -0.2) is 65.7 Å². The molecule has 0 rings (SSSR count). The number of hydrogen-bond acceptors (Lipinski definition) is 9. The molecule has 0 amide bonds. The SMILES string of the molecule is CC(=O)OCC(COP(=O)(O)OCC(O)CO)OC(C)=O. The normalized spacial score (nSPS) is 16.6. The fraction of sp³-hybridized carbons (Fsp3) is 0.800. The van der Waals surface area contributed by atoms with E-state index in [1.54, 1.807) is 0 Å². The lowest BCUT2D eigenvalue weighted by molar-refractivity contribution is -0.158. The summed E-state index contributed by atoms with van der Waals surface area (Å²) in [6.07, 6.45) is -2.42. The Morgan fingerprint density at radius 3 is 2.14 bits per heavy atom. The molecule has 124 valence electrons. The van der Waals surface area contributed by atoms with Crippen LogP contribution in [0.3, 0.4) is 0 Å². The fourth-order valence-corrected chi connectivity index (χ4v) is 1.80. The van der Waals surface area contributed by atoms with Gasteiger partial charge in [0, 0.05) is 13.8 Å². The first-order chi connectivity index (χ1) is 9.66. The van der Waals surface area contributed by atoms with E-state index in [0.717, 1.165) is 13.8 Å². The van der Waals surface area contributed by atoms with Crippen LogP contribution in [0.1, 0.15) is 13.8 Å². The minimum atomic E-state index is -4.51. The first kappa shape index (κ1) is 20.0. The Morgan fingerprint density at radius 1 is 1.10 bits per heavy atom. The summed E-state index contributed by atoms with van der Waals surface area (Å²) in [6, 6.07) is 0. The van der Waals surface area contributed by atoms with Crippen molar-refractivity contribution in [2.24, 2.45) is 0 Å². The lowest BCUT2D eigenvalue weighted by Gasteiger charge is -2.19. The molecule has 0 heterocycles. The minimum Gasteiger partial charge on any atom is -0.462 e. The van der Waals surface area contributed by atoms with Gasteiger partial charge in [0.2, 0.25) is 0 Å². The van der Waals surface area contributed by atoms with Gasteiger partial charge in [-0.05, 0) is 0 Å². The summed E-state index contributed by atoms with van der Waals surface area (Å²) < 4.78 is 29.7. The van der Waals surface area contributed by atoms with Crippen molar-refractivity contribution >= 4 is 19.8 Å². The Balaban J connectivity index is 4.32. The first-order valence-electron chi connectivity index (χ1n) is 5.87. The number of carbonyl (C=O) groups is 2. The van der Waals surface area contributed by atoms with Crippen LogP contribution in [0.25, 0.3) is 0 Å². The topological polar surface area (TPSA) is 149 Å². The zero-order chi connectivity index (χ0) is 16.5. The average Bonchev–Trinajstić information content (AvgIpc) is 2.38. The predicted molar refractivity (Wildman–Crippen MR) is 67.0 cm³/mol. The quantitative estimate of drug-likeness (QED) is 0.335. The molecule has 0 radical (unpaired) electrons. The lowest BCUT2D eigenvalue weighted by Crippen LogP contribution is -2.28. The number of hydrogen-bond donors (Lipinski definition) is 3. The molecule has 0 aliphatic rings. The molecule has 0 aromatic heterocycles. The van der Waals surface area contributed by atoms with Crippen LogP contribution in [0.15, 0.2) is 0 Å². The molecular formula is C10H19O10P. The van der Waals surface area contributed by atoms with Crippen LogP contribution < -0.4 is 0 Å². The molecule has 10 nitrogen and oxygen atoms in total. The van der Waals surface area contributed by atoms with Crippen LogP contribution in [0.5, 0.6) is 0 Å². The largest absolute Gasteiger partial charge is 0.472 e. The number of carbonyl (C=O) groups excluding carboxylic acids is 2. The van der Waals surface area contributed by atoms with E-state index in [9.17, 15) is 19.0 Å². The van der Waals surface area contributed by atoms with E-state index in [-0.39, 0.29) is 6.61 Å². The maximum absolute atomic E-state index is 11.4. The lowest BCUT2D eigenvalue weighted by atomic mass is 10.4. The van der Waals surface area contributed by atoms with E-state index in [1.165, 1.54) is 0 Å². The van der Waals surface area contributed by atoms with Crippen LogP contribution in [-0.2, 0) is 32.7 Å². The Bertz CT molecular complexity index is 384. The highest BCUT2D eigenvalue weighted by molar-refractivity contribution is 7.47. The van der Waals surface area contributed by atoms with E-state index in [1.807, 2.05) is 0 Å². The van der Waals surface area contributed by atoms with Crippen molar-refractivity contribution in [1.82, 2.24) is 0 Å². The second kappa shape index (κ2) is 9.82. The molecule has 0 fully saturated rings. The molecule has 0 aliphatic heterocycles. The molecule has 0 saturated heterocycles. The second-order valence-corrected chi connectivity index (χ2v) is 5.38. The van der Waals surface area contributed by atoms with E-state index in [4.69, 9.17) is 14.9 Å². The molecule has 0 aliphatic carbocycles. The number of phosphoric acid groups is 1. The first-order valence-corrected chi connectivity index (χ1v) is 7.37. The van der Waals surface area contributed by atoms with Gasteiger partial charge in [0.05, 0.1) is 19.8 Å². The van der Waals surface area contributed by atoms with Crippen molar-refractivity contribution in [1.29, 1.82) is 0 Å². The van der Waals surface area contributed by atoms with Gasteiger partial charge < -0.3 is 24.6 Å². The second-order valence-electron chi connectivity index (χ2n) is 3.93. The highest BCUT2D eigenvalue weighted by Crippen LogP contribution is 2.43. The molecule has 3 atom stereocenters. The monoisotopic (exact) mass is 330 g/mol. The molecule has 11 heteroatoms. The molecule has 0 spiro atoms. The Kier molecular flexibility index (Phi) is 9.34. The number of rotatable bonds is 10. The van der Waals surface area contributed by atoms with Gasteiger partial charge in [-0.1, -0.05) is 0 Å². The van der Waals surface area contributed by atoms with Crippen molar-refractivity contribution in [2.45, 2.75) is 26.1 Å². The minimum absolute atomic E-state index is 0.353. The molecule has 0 aromatic rings. The molecule has 21 heavy (non-hydrogen) atoms. The van der Waals surface area contributed by atoms with Gasteiger partial charge in [0.1, 0.15) is 12.7 Å². The number of aliphatic hydroxyl groups is 2. The highest BCUT2D eigenvalue weighted by atomic mass is 31.2. The van der Waals surface area contributed by atoms with E-state index < -0.39 is 51.8 Å². The third-order valence-corrected chi connectivity index (χ3v) is 2.82. The molecule has 3 unspecified atom stereocenters. The average molecular weight is 330 g/mol. The third-order valence-electron chi connectivity index (χ3n) is 1.87. The molecule has 0 aromatic carbocycles. The van der Waals surface area contributed by atoms with Gasteiger partial charge in [0.25, 0.3) is 0 Å². The molecule has 0 saturated carbocycles. The summed E-state index contributed by atoms with van der Waals surface area (Å²) in [7, 11) is -4.51. The van der Waals surface area contributed by atoms with Gasteiger partial charge >= 0.3 is 19.8 Å². The molecular weight excluding hydrogens is 311 g/mol. The van der Waals surface area contributed by atoms with Crippen molar-refractivity contribution < 1.29 is 47.8 Å². The Labute approximate surface area is 121 Å². The summed E-state index contributed by atoms with van der Waals surface area (Å²) in [5, 5.41) is 17.5. The maximum atomic E-state index is 11.4. The molecule has 0 bridgehead atoms. The van der Waals surface area contributed by atoms with Gasteiger partial charge in [-0.3, -0.25) is 18.6 Å². The van der Waals surface area contributed by atoms with Crippen molar-refractivity contribution in [3.05, 3.63) is 0 Å². The summed E-state index contributed by atoms with van der Waals surface area (Å²) in [5.74, 6) is -1.32. The summed E-state index contributed by atoms with van der Waals surface area (Å²) in [5.41, 5.74) is 0. The summed E-state index contributed by atoms with van der Waals surface area (Å²) in [4.78, 5) is 30.8. The van der Waals surface area contributed by atoms with E-state index in [2.05, 4.69) is 13.8 Å². The molecule has 3 N–H and O–H groups in total. The maximum Gasteiger partial charge on any atom is 0.472 e. The number of phosphoric ester groups is 1. The zero-order valence-electron chi connectivity index (χ0n) is 11.6. The standard InChI is InChI=1S/C10H19O10P/c1-7(12)17-5-10(20-8(2)13)6-19-21(15,16)18-4-9(14)3-11/h9-11,14H,3-6H2,1-2H3,(H,15,16). The van der Waals surface area contributed by atoms with Gasteiger partial charge in [0.15, 0.2) is 6.10 Å². The smallest absolute Gasteiger partial charge is 0.462 e. The van der Waals surface area contributed by atoms with Gasteiger partial charge in [-0.2, -0.15) is 0 Å². The van der Waals surface area contributed by atoms with Crippen molar-refractivity contribution in [3.63, 3.8) is 0 Å². The van der Waals surface area contributed by atoms with Crippen molar-refractivity contribution in [2.75, 3.05) is 26.4 Å². The number of aliphatic hydroxyl groups excluding tert-OH is 2. The Morgan fingerprint density at radius 2 is 1.67 bits per heavy atom. The predicted octanol–water partition coefficient (Wildman–Crippen LogP) is -1.03. The van der Waals surface area contributed by atoms with Crippen molar-refractivity contribution in [3.8, 4) is 0 Å². The summed E-state index contributed by atoms with van der Waals surface area (Å²) >= 11 is 0. The van der Waals surface area contributed by atoms with Crippen LogP contribution >= 0.6 is 7.82 Å². The van der Waals surface area contributed by atoms with E-state index >= 15 is 0 Å². The zero-order valence-corrected chi connectivity index (χ0v) is 12.5. The fourth-order valence-electron chi connectivity index (χ4n) is 1.01. The van der Waals surface area contributed by atoms with Crippen LogP contribution in [0, 0.1) is 0 Å².